The van der Waals surface area contributed by atoms with Crippen molar-refractivity contribution in [1.82, 2.24) is 5.32 Å². The molecule has 0 aromatic heterocycles. The van der Waals surface area contributed by atoms with Gasteiger partial charge in [-0.25, -0.2) is 0 Å². The molecule has 0 bridgehead atoms. The third-order valence-electron chi connectivity index (χ3n) is 2.38. The lowest BCUT2D eigenvalue weighted by atomic mass is 10.1. The van der Waals surface area contributed by atoms with Crippen LogP contribution in [0.5, 0.6) is 0 Å². The molecule has 0 aliphatic rings. The normalized spacial score (nSPS) is 11.5. The van der Waals surface area contributed by atoms with E-state index in [2.05, 4.69) is 27.9 Å². The van der Waals surface area contributed by atoms with E-state index in [9.17, 15) is 4.79 Å². The van der Waals surface area contributed by atoms with Crippen LogP contribution in [0.3, 0.4) is 0 Å². The zero-order valence-electron chi connectivity index (χ0n) is 10.00. The van der Waals surface area contributed by atoms with Gasteiger partial charge in [0.1, 0.15) is 0 Å². The van der Waals surface area contributed by atoms with E-state index in [0.29, 0.717) is 19.0 Å². The molecular weight excluding hydrogens is 351 g/mol. The molecule has 0 saturated heterocycles. The van der Waals surface area contributed by atoms with Gasteiger partial charge in [-0.15, -0.1) is 12.4 Å². The van der Waals surface area contributed by atoms with Gasteiger partial charge in [0.15, 0.2) is 0 Å². The summed E-state index contributed by atoms with van der Waals surface area (Å²) in [6.45, 7) is 5.21. The number of benzene rings is 1. The summed E-state index contributed by atoms with van der Waals surface area (Å²) >= 11 is 2.17. The molecular formula is C12H18ClIN2O. The first kappa shape index (κ1) is 16.7. The Labute approximate surface area is 122 Å². The molecule has 1 unspecified atom stereocenters. The van der Waals surface area contributed by atoms with E-state index in [4.69, 9.17) is 5.73 Å². The average molecular weight is 369 g/mol. The maximum Gasteiger partial charge on any atom is 0.252 e. The zero-order chi connectivity index (χ0) is 12.1. The number of nitrogens with one attached hydrogen (secondary N) is 1. The van der Waals surface area contributed by atoms with E-state index < -0.39 is 0 Å². The second-order valence-corrected chi connectivity index (χ2v) is 5.20. The minimum atomic E-state index is -0.0200. The van der Waals surface area contributed by atoms with Crippen LogP contribution < -0.4 is 11.1 Å². The smallest absolute Gasteiger partial charge is 0.252 e. The van der Waals surface area contributed by atoms with Crippen LogP contribution in [-0.4, -0.2) is 19.0 Å². The zero-order valence-corrected chi connectivity index (χ0v) is 13.0. The molecule has 1 aromatic rings. The Morgan fingerprint density at radius 1 is 1.53 bits per heavy atom. The number of hydrogen-bond acceptors (Lipinski definition) is 2. The summed E-state index contributed by atoms with van der Waals surface area (Å²) in [7, 11) is 0. The Kier molecular flexibility index (Phi) is 7.74. The fourth-order valence-corrected chi connectivity index (χ4v) is 1.84. The second kappa shape index (κ2) is 7.89. The Bertz CT molecular complexity index is 385. The summed E-state index contributed by atoms with van der Waals surface area (Å²) in [6, 6.07) is 5.86. The van der Waals surface area contributed by atoms with Gasteiger partial charge in [-0.1, -0.05) is 18.6 Å². The summed E-state index contributed by atoms with van der Waals surface area (Å²) in [5.74, 6) is 0.292. The molecule has 17 heavy (non-hydrogen) atoms. The number of amides is 1. The number of hydrogen-bond donors (Lipinski definition) is 2. The maximum absolute atomic E-state index is 11.9. The first-order chi connectivity index (χ1) is 7.54. The van der Waals surface area contributed by atoms with Crippen molar-refractivity contribution in [3.8, 4) is 0 Å². The van der Waals surface area contributed by atoms with Gasteiger partial charge in [-0.3, -0.25) is 4.79 Å². The molecule has 0 spiro atoms. The van der Waals surface area contributed by atoms with E-state index >= 15 is 0 Å². The van der Waals surface area contributed by atoms with Crippen LogP contribution in [0.2, 0.25) is 0 Å². The Morgan fingerprint density at radius 2 is 2.18 bits per heavy atom. The van der Waals surface area contributed by atoms with E-state index in [0.717, 1.165) is 14.7 Å². The van der Waals surface area contributed by atoms with Crippen LogP contribution in [0.15, 0.2) is 18.2 Å². The molecule has 3 N–H and O–H groups in total. The van der Waals surface area contributed by atoms with Crippen LogP contribution in [0, 0.1) is 16.4 Å². The van der Waals surface area contributed by atoms with E-state index in [1.54, 1.807) is 0 Å². The minimum Gasteiger partial charge on any atom is -0.352 e. The van der Waals surface area contributed by atoms with Gasteiger partial charge in [-0.05, 0) is 54.1 Å². The largest absolute Gasteiger partial charge is 0.352 e. The maximum atomic E-state index is 11.9. The molecule has 96 valence electrons. The first-order valence-corrected chi connectivity index (χ1v) is 6.37. The predicted molar refractivity (Wildman–Crippen MR) is 81.7 cm³/mol. The van der Waals surface area contributed by atoms with Crippen molar-refractivity contribution in [3.05, 3.63) is 32.9 Å². The molecule has 0 fully saturated rings. The van der Waals surface area contributed by atoms with E-state index in [-0.39, 0.29) is 18.3 Å². The Hall–Kier alpha value is -0.330. The van der Waals surface area contributed by atoms with Crippen molar-refractivity contribution in [2.24, 2.45) is 11.7 Å². The van der Waals surface area contributed by atoms with Gasteiger partial charge in [-0.2, -0.15) is 0 Å². The fraction of sp³-hybridized carbons (Fsp3) is 0.417. The fourth-order valence-electron chi connectivity index (χ4n) is 1.26. The molecule has 0 aliphatic carbocycles. The average Bonchev–Trinajstić information content (AvgIpc) is 2.28. The minimum absolute atomic E-state index is 0. The van der Waals surface area contributed by atoms with Crippen LogP contribution >= 0.6 is 35.0 Å². The number of carbonyl (C=O) groups excluding carboxylic acids is 1. The molecule has 1 aromatic carbocycles. The number of halogens is 2. The third-order valence-corrected chi connectivity index (χ3v) is 3.32. The lowest BCUT2D eigenvalue weighted by Crippen LogP contribution is -2.31. The van der Waals surface area contributed by atoms with Crippen molar-refractivity contribution in [2.45, 2.75) is 13.8 Å². The summed E-state index contributed by atoms with van der Waals surface area (Å²) < 4.78 is 0.973. The molecule has 3 nitrogen and oxygen atoms in total. The molecule has 0 aliphatic heterocycles. The topological polar surface area (TPSA) is 55.1 Å². The van der Waals surface area contributed by atoms with Gasteiger partial charge in [0.2, 0.25) is 0 Å². The van der Waals surface area contributed by atoms with Gasteiger partial charge >= 0.3 is 0 Å². The SMILES string of the molecule is Cc1ccc(I)c(C(=O)NCC(C)CN)c1.Cl. The van der Waals surface area contributed by atoms with Gasteiger partial charge in [0.25, 0.3) is 5.91 Å². The number of aryl methyl sites for hydroxylation is 1. The van der Waals surface area contributed by atoms with Gasteiger partial charge < -0.3 is 11.1 Å². The number of carbonyl (C=O) groups is 1. The van der Waals surface area contributed by atoms with E-state index in [1.807, 2.05) is 32.0 Å². The summed E-state index contributed by atoms with van der Waals surface area (Å²) in [5.41, 5.74) is 7.33. The lowest BCUT2D eigenvalue weighted by molar-refractivity contribution is 0.0947. The van der Waals surface area contributed by atoms with Crippen molar-refractivity contribution in [2.75, 3.05) is 13.1 Å². The highest BCUT2D eigenvalue weighted by molar-refractivity contribution is 14.1. The van der Waals surface area contributed by atoms with Gasteiger partial charge in [0, 0.05) is 10.1 Å². The number of nitrogens with two attached hydrogens (primary N) is 1. The van der Waals surface area contributed by atoms with Crippen molar-refractivity contribution >= 4 is 40.9 Å². The van der Waals surface area contributed by atoms with Crippen molar-refractivity contribution in [3.63, 3.8) is 0 Å². The monoisotopic (exact) mass is 368 g/mol. The third kappa shape index (κ3) is 5.23. The van der Waals surface area contributed by atoms with Crippen molar-refractivity contribution in [1.29, 1.82) is 0 Å². The molecule has 1 amide bonds. The number of rotatable bonds is 4. The molecule has 0 radical (unpaired) electrons. The quantitative estimate of drug-likeness (QED) is 0.802. The summed E-state index contributed by atoms with van der Waals surface area (Å²) in [5, 5.41) is 2.89. The summed E-state index contributed by atoms with van der Waals surface area (Å²) in [4.78, 5) is 11.9. The molecule has 1 rings (SSSR count). The van der Waals surface area contributed by atoms with Crippen LogP contribution in [-0.2, 0) is 0 Å². The highest BCUT2D eigenvalue weighted by Crippen LogP contribution is 2.14. The second-order valence-electron chi connectivity index (χ2n) is 4.03. The summed E-state index contributed by atoms with van der Waals surface area (Å²) in [6.07, 6.45) is 0. The highest BCUT2D eigenvalue weighted by atomic mass is 127. The van der Waals surface area contributed by atoms with Gasteiger partial charge in [0.05, 0.1) is 5.56 Å². The van der Waals surface area contributed by atoms with Crippen LogP contribution in [0.1, 0.15) is 22.8 Å². The van der Waals surface area contributed by atoms with Crippen molar-refractivity contribution < 1.29 is 4.79 Å². The Morgan fingerprint density at radius 3 is 2.76 bits per heavy atom. The molecule has 1 atom stereocenters. The van der Waals surface area contributed by atoms with Crippen LogP contribution in [0.4, 0.5) is 0 Å². The predicted octanol–water partition coefficient (Wildman–Crippen LogP) is 2.35. The Balaban J connectivity index is 0.00000256. The van der Waals surface area contributed by atoms with Crippen LogP contribution in [0.25, 0.3) is 0 Å². The molecule has 0 saturated carbocycles. The molecule has 5 heteroatoms. The molecule has 0 heterocycles. The first-order valence-electron chi connectivity index (χ1n) is 5.29. The van der Waals surface area contributed by atoms with E-state index in [1.165, 1.54) is 0 Å². The standard InChI is InChI=1S/C12H17IN2O.ClH/c1-8-3-4-11(13)10(5-8)12(16)15-7-9(2)6-14;/h3-5,9H,6-7,14H2,1-2H3,(H,15,16);1H. The highest BCUT2D eigenvalue weighted by Gasteiger charge is 2.10. The lowest BCUT2D eigenvalue weighted by Gasteiger charge is -2.11.